The van der Waals surface area contributed by atoms with Crippen molar-refractivity contribution in [2.24, 2.45) is 5.73 Å². The number of hydrogen-bond donors (Lipinski definition) is 1. The summed E-state index contributed by atoms with van der Waals surface area (Å²) in [6.45, 7) is -0.0611. The van der Waals surface area contributed by atoms with Gasteiger partial charge in [-0.3, -0.25) is 0 Å². The first-order valence-electron chi connectivity index (χ1n) is 6.16. The number of rotatable bonds is 4. The second-order valence-electron chi connectivity index (χ2n) is 4.28. The lowest BCUT2D eigenvalue weighted by molar-refractivity contribution is -0.137. The third-order valence-electron chi connectivity index (χ3n) is 2.90. The molecule has 0 radical (unpaired) electrons. The van der Waals surface area contributed by atoms with Gasteiger partial charge in [-0.15, -0.1) is 0 Å². The standard InChI is InChI=1S/C15H14F3NO2/c1-20-13-4-2-3-5-14(13)21-12-7-6-11(15(16,17)18)8-10(12)9-19/h2-8H,9,19H2,1H3. The highest BCUT2D eigenvalue weighted by Gasteiger charge is 2.31. The molecule has 0 saturated heterocycles. The van der Waals surface area contributed by atoms with Gasteiger partial charge in [-0.2, -0.15) is 13.2 Å². The largest absolute Gasteiger partial charge is 0.493 e. The lowest BCUT2D eigenvalue weighted by atomic mass is 10.1. The zero-order chi connectivity index (χ0) is 15.5. The molecular weight excluding hydrogens is 283 g/mol. The van der Waals surface area contributed by atoms with Gasteiger partial charge in [0, 0.05) is 12.1 Å². The van der Waals surface area contributed by atoms with E-state index >= 15 is 0 Å². The number of methoxy groups -OCH3 is 1. The van der Waals surface area contributed by atoms with Crippen LogP contribution in [0.2, 0.25) is 0 Å². The second-order valence-corrected chi connectivity index (χ2v) is 4.28. The van der Waals surface area contributed by atoms with E-state index in [-0.39, 0.29) is 17.9 Å². The van der Waals surface area contributed by atoms with Gasteiger partial charge in [0.05, 0.1) is 12.7 Å². The number of nitrogens with two attached hydrogens (primary N) is 1. The lowest BCUT2D eigenvalue weighted by Crippen LogP contribution is -2.08. The molecule has 2 aromatic carbocycles. The first-order valence-corrected chi connectivity index (χ1v) is 6.16. The van der Waals surface area contributed by atoms with Gasteiger partial charge in [-0.25, -0.2) is 0 Å². The van der Waals surface area contributed by atoms with E-state index in [0.29, 0.717) is 11.5 Å². The Labute approximate surface area is 120 Å². The second kappa shape index (κ2) is 6.05. The van der Waals surface area contributed by atoms with Gasteiger partial charge in [0.1, 0.15) is 5.75 Å². The lowest BCUT2D eigenvalue weighted by Gasteiger charge is -2.15. The summed E-state index contributed by atoms with van der Waals surface area (Å²) in [5.41, 5.74) is 5.03. The maximum absolute atomic E-state index is 12.7. The third-order valence-corrected chi connectivity index (χ3v) is 2.90. The Kier molecular flexibility index (Phi) is 4.37. The molecule has 0 saturated carbocycles. The van der Waals surface area contributed by atoms with E-state index in [1.165, 1.54) is 13.2 Å². The maximum atomic E-state index is 12.7. The molecule has 0 fully saturated rings. The van der Waals surface area contributed by atoms with Gasteiger partial charge >= 0.3 is 6.18 Å². The Morgan fingerprint density at radius 1 is 1.00 bits per heavy atom. The van der Waals surface area contributed by atoms with Gasteiger partial charge < -0.3 is 15.2 Å². The summed E-state index contributed by atoms with van der Waals surface area (Å²) in [7, 11) is 1.48. The average molecular weight is 297 g/mol. The monoisotopic (exact) mass is 297 g/mol. The molecule has 2 rings (SSSR count). The highest BCUT2D eigenvalue weighted by Crippen LogP contribution is 2.36. The highest BCUT2D eigenvalue weighted by atomic mass is 19.4. The fraction of sp³-hybridized carbons (Fsp3) is 0.200. The molecule has 0 spiro atoms. The average Bonchev–Trinajstić information content (AvgIpc) is 2.47. The summed E-state index contributed by atoms with van der Waals surface area (Å²) in [5.74, 6) is 1.17. The number of benzene rings is 2. The molecule has 21 heavy (non-hydrogen) atoms. The molecule has 0 aromatic heterocycles. The Bertz CT molecular complexity index is 627. The molecule has 0 aliphatic carbocycles. The van der Waals surface area contributed by atoms with Crippen LogP contribution in [0.3, 0.4) is 0 Å². The van der Waals surface area contributed by atoms with Crippen LogP contribution >= 0.6 is 0 Å². The Hall–Kier alpha value is -2.21. The predicted molar refractivity (Wildman–Crippen MR) is 72.4 cm³/mol. The van der Waals surface area contributed by atoms with Crippen molar-refractivity contribution in [1.82, 2.24) is 0 Å². The summed E-state index contributed by atoms with van der Waals surface area (Å²) < 4.78 is 48.8. The van der Waals surface area contributed by atoms with Crippen molar-refractivity contribution >= 4 is 0 Å². The zero-order valence-electron chi connectivity index (χ0n) is 11.3. The summed E-state index contributed by atoms with van der Waals surface area (Å²) in [6, 6.07) is 10.1. The molecule has 2 aromatic rings. The number of hydrogen-bond acceptors (Lipinski definition) is 3. The van der Waals surface area contributed by atoms with E-state index in [9.17, 15) is 13.2 Å². The molecular formula is C15H14F3NO2. The van der Waals surface area contributed by atoms with Crippen LogP contribution in [0.15, 0.2) is 42.5 Å². The van der Waals surface area contributed by atoms with Crippen molar-refractivity contribution in [2.45, 2.75) is 12.7 Å². The normalized spacial score (nSPS) is 11.3. The van der Waals surface area contributed by atoms with Crippen LogP contribution in [0.1, 0.15) is 11.1 Å². The first-order chi connectivity index (χ1) is 9.95. The summed E-state index contributed by atoms with van der Waals surface area (Å²) in [4.78, 5) is 0. The highest BCUT2D eigenvalue weighted by molar-refractivity contribution is 5.46. The van der Waals surface area contributed by atoms with E-state index in [4.69, 9.17) is 15.2 Å². The summed E-state index contributed by atoms with van der Waals surface area (Å²) in [6.07, 6.45) is -4.41. The van der Waals surface area contributed by atoms with Crippen molar-refractivity contribution in [3.05, 3.63) is 53.6 Å². The van der Waals surface area contributed by atoms with E-state index < -0.39 is 11.7 Å². The molecule has 3 nitrogen and oxygen atoms in total. The topological polar surface area (TPSA) is 44.5 Å². The molecule has 6 heteroatoms. The molecule has 112 valence electrons. The quantitative estimate of drug-likeness (QED) is 0.929. The Balaban J connectivity index is 2.36. The Morgan fingerprint density at radius 3 is 2.24 bits per heavy atom. The summed E-state index contributed by atoms with van der Waals surface area (Å²) >= 11 is 0. The van der Waals surface area contributed by atoms with Crippen molar-refractivity contribution in [1.29, 1.82) is 0 Å². The van der Waals surface area contributed by atoms with Crippen molar-refractivity contribution < 1.29 is 22.6 Å². The minimum Gasteiger partial charge on any atom is -0.493 e. The smallest absolute Gasteiger partial charge is 0.416 e. The van der Waals surface area contributed by atoms with Gasteiger partial charge in [0.2, 0.25) is 0 Å². The fourth-order valence-electron chi connectivity index (χ4n) is 1.84. The molecule has 2 N–H and O–H groups in total. The van der Waals surface area contributed by atoms with Crippen LogP contribution in [0.5, 0.6) is 17.2 Å². The van der Waals surface area contributed by atoms with Crippen molar-refractivity contribution in [2.75, 3.05) is 7.11 Å². The first kappa shape index (κ1) is 15.2. The molecule has 0 aliphatic rings. The fourth-order valence-corrected chi connectivity index (χ4v) is 1.84. The molecule has 0 aliphatic heterocycles. The predicted octanol–water partition coefficient (Wildman–Crippen LogP) is 3.97. The van der Waals surface area contributed by atoms with Crippen LogP contribution in [0.25, 0.3) is 0 Å². The van der Waals surface area contributed by atoms with Gasteiger partial charge in [-0.1, -0.05) is 12.1 Å². The molecule has 0 atom stereocenters. The SMILES string of the molecule is COc1ccccc1Oc1ccc(C(F)(F)F)cc1CN. The van der Waals surface area contributed by atoms with Crippen LogP contribution < -0.4 is 15.2 Å². The van der Waals surface area contributed by atoms with Crippen LogP contribution in [0, 0.1) is 0 Å². The summed E-state index contributed by atoms with van der Waals surface area (Å²) in [5, 5.41) is 0. The molecule has 0 amide bonds. The minimum absolute atomic E-state index is 0.0611. The van der Waals surface area contributed by atoms with Crippen LogP contribution in [-0.4, -0.2) is 7.11 Å². The number of ether oxygens (including phenoxy) is 2. The molecule has 0 heterocycles. The molecule has 0 bridgehead atoms. The zero-order valence-corrected chi connectivity index (χ0v) is 11.3. The van der Waals surface area contributed by atoms with Crippen LogP contribution in [0.4, 0.5) is 13.2 Å². The number of para-hydroxylation sites is 2. The minimum atomic E-state index is -4.41. The third kappa shape index (κ3) is 3.46. The molecule has 0 unspecified atom stereocenters. The van der Waals surface area contributed by atoms with E-state index in [1.807, 2.05) is 0 Å². The van der Waals surface area contributed by atoms with E-state index in [1.54, 1.807) is 24.3 Å². The van der Waals surface area contributed by atoms with E-state index in [2.05, 4.69) is 0 Å². The number of halogens is 3. The number of alkyl halides is 3. The maximum Gasteiger partial charge on any atom is 0.416 e. The van der Waals surface area contributed by atoms with Crippen LogP contribution in [-0.2, 0) is 12.7 Å². The van der Waals surface area contributed by atoms with E-state index in [0.717, 1.165) is 12.1 Å². The Morgan fingerprint density at radius 2 is 1.67 bits per heavy atom. The van der Waals surface area contributed by atoms with Crippen molar-refractivity contribution in [3.8, 4) is 17.2 Å². The van der Waals surface area contributed by atoms with Gasteiger partial charge in [-0.05, 0) is 30.3 Å². The van der Waals surface area contributed by atoms with Gasteiger partial charge in [0.25, 0.3) is 0 Å². The van der Waals surface area contributed by atoms with Crippen molar-refractivity contribution in [3.63, 3.8) is 0 Å². The van der Waals surface area contributed by atoms with Gasteiger partial charge in [0.15, 0.2) is 11.5 Å².